The van der Waals surface area contributed by atoms with Crippen molar-refractivity contribution in [3.8, 4) is 5.75 Å². The second-order valence-corrected chi connectivity index (χ2v) is 5.54. The predicted molar refractivity (Wildman–Crippen MR) is 70.8 cm³/mol. The molecule has 1 aromatic carbocycles. The Hall–Kier alpha value is -2.14. The average molecular weight is 352 g/mol. The molecule has 2 aliphatic rings. The van der Waals surface area contributed by atoms with Crippen LogP contribution in [0.4, 0.5) is 23.2 Å². The zero-order chi connectivity index (χ0) is 17.0. The standard InChI is InChI=1S/C12H8F4N2O4S/c13-11(14)6-3-5(1-2-7(6)21-12(15,16)22-11)18-4-23-8(9(18)17)10(19)20/h1-3H,4,17H2,(H,19,20). The van der Waals surface area contributed by atoms with Crippen molar-refractivity contribution in [1.29, 1.82) is 0 Å². The van der Waals surface area contributed by atoms with Gasteiger partial charge in [0.25, 0.3) is 0 Å². The van der Waals surface area contributed by atoms with Crippen LogP contribution in [-0.2, 0) is 15.6 Å². The van der Waals surface area contributed by atoms with Crippen molar-refractivity contribution in [1.82, 2.24) is 0 Å². The highest BCUT2D eigenvalue weighted by Gasteiger charge is 2.54. The summed E-state index contributed by atoms with van der Waals surface area (Å²) in [6.07, 6.45) is -8.72. The molecular weight excluding hydrogens is 344 g/mol. The molecule has 124 valence electrons. The number of carboxylic acid groups (broad SMARTS) is 1. The number of hydrogen-bond acceptors (Lipinski definition) is 6. The lowest BCUT2D eigenvalue weighted by atomic mass is 10.1. The van der Waals surface area contributed by atoms with Gasteiger partial charge in [-0.3, -0.25) is 0 Å². The van der Waals surface area contributed by atoms with E-state index in [1.54, 1.807) is 0 Å². The number of ether oxygens (including phenoxy) is 2. The Balaban J connectivity index is 2.01. The van der Waals surface area contributed by atoms with E-state index < -0.39 is 29.7 Å². The number of carbonyl (C=O) groups is 1. The molecule has 0 radical (unpaired) electrons. The van der Waals surface area contributed by atoms with E-state index in [9.17, 15) is 22.4 Å². The van der Waals surface area contributed by atoms with Crippen LogP contribution in [0.3, 0.4) is 0 Å². The van der Waals surface area contributed by atoms with Crippen molar-refractivity contribution >= 4 is 23.4 Å². The molecule has 0 amide bonds. The van der Waals surface area contributed by atoms with Crippen molar-refractivity contribution < 1.29 is 36.9 Å². The van der Waals surface area contributed by atoms with Gasteiger partial charge in [0.15, 0.2) is 0 Å². The molecule has 2 aliphatic heterocycles. The second kappa shape index (κ2) is 4.93. The number of anilines is 1. The first-order chi connectivity index (χ1) is 10.6. The molecule has 2 heterocycles. The number of aliphatic carboxylic acids is 1. The first kappa shape index (κ1) is 15.7. The second-order valence-electron chi connectivity index (χ2n) is 4.59. The van der Waals surface area contributed by atoms with Gasteiger partial charge in [-0.25, -0.2) is 9.53 Å². The summed E-state index contributed by atoms with van der Waals surface area (Å²) in [6.45, 7) is 0. The molecule has 3 rings (SSSR count). The summed E-state index contributed by atoms with van der Waals surface area (Å²) in [5.41, 5.74) is 4.88. The average Bonchev–Trinajstić information content (AvgIpc) is 2.78. The Morgan fingerprint density at radius 3 is 2.65 bits per heavy atom. The van der Waals surface area contributed by atoms with Gasteiger partial charge in [0.2, 0.25) is 0 Å². The Labute approximate surface area is 130 Å². The Morgan fingerprint density at radius 1 is 1.35 bits per heavy atom. The Kier molecular flexibility index (Phi) is 3.37. The topological polar surface area (TPSA) is 85.0 Å². The van der Waals surface area contributed by atoms with Crippen LogP contribution in [0.5, 0.6) is 5.75 Å². The third-order valence-electron chi connectivity index (χ3n) is 3.12. The molecule has 1 aromatic rings. The van der Waals surface area contributed by atoms with Crippen LogP contribution in [0.2, 0.25) is 0 Å². The molecule has 0 unspecified atom stereocenters. The van der Waals surface area contributed by atoms with Crippen LogP contribution in [0.25, 0.3) is 0 Å². The van der Waals surface area contributed by atoms with Gasteiger partial charge in [0.05, 0.1) is 11.4 Å². The zero-order valence-electron chi connectivity index (χ0n) is 11.1. The van der Waals surface area contributed by atoms with E-state index in [2.05, 4.69) is 9.47 Å². The van der Waals surface area contributed by atoms with E-state index in [1.807, 2.05) is 0 Å². The van der Waals surface area contributed by atoms with Gasteiger partial charge < -0.3 is 20.5 Å². The number of rotatable bonds is 2. The predicted octanol–water partition coefficient (Wildman–Crippen LogP) is 2.42. The van der Waals surface area contributed by atoms with Crippen LogP contribution in [0, 0.1) is 0 Å². The van der Waals surface area contributed by atoms with E-state index in [-0.39, 0.29) is 22.3 Å². The van der Waals surface area contributed by atoms with E-state index in [0.717, 1.165) is 23.9 Å². The summed E-state index contributed by atoms with van der Waals surface area (Å²) in [4.78, 5) is 12.1. The van der Waals surface area contributed by atoms with Gasteiger partial charge in [-0.05, 0) is 18.2 Å². The fourth-order valence-electron chi connectivity index (χ4n) is 2.14. The fourth-order valence-corrected chi connectivity index (χ4v) is 3.06. The third kappa shape index (κ3) is 2.65. The SMILES string of the molecule is NC1=C(C(=O)O)SCN1c1ccc2c(c1)C(F)(F)OC(F)(F)O2. The lowest BCUT2D eigenvalue weighted by Gasteiger charge is -2.31. The van der Waals surface area contributed by atoms with Gasteiger partial charge in [-0.15, -0.1) is 8.78 Å². The number of benzene rings is 1. The van der Waals surface area contributed by atoms with Crippen LogP contribution in [0.1, 0.15) is 5.56 Å². The lowest BCUT2D eigenvalue weighted by Crippen LogP contribution is -2.41. The highest BCUT2D eigenvalue weighted by atomic mass is 32.2. The van der Waals surface area contributed by atoms with Crippen LogP contribution < -0.4 is 15.4 Å². The molecule has 0 bridgehead atoms. The minimum absolute atomic E-state index is 0.0791. The molecule has 0 aromatic heterocycles. The molecule has 23 heavy (non-hydrogen) atoms. The lowest BCUT2D eigenvalue weighted by molar-refractivity contribution is -0.461. The first-order valence-electron chi connectivity index (χ1n) is 6.03. The zero-order valence-corrected chi connectivity index (χ0v) is 11.9. The minimum atomic E-state index is -4.45. The summed E-state index contributed by atoms with van der Waals surface area (Å²) >= 11 is 0.910. The molecule has 0 saturated heterocycles. The summed E-state index contributed by atoms with van der Waals surface area (Å²) < 4.78 is 60.7. The van der Waals surface area contributed by atoms with Gasteiger partial charge in [-0.1, -0.05) is 11.8 Å². The van der Waals surface area contributed by atoms with Crippen molar-refractivity contribution in [2.75, 3.05) is 10.8 Å². The van der Waals surface area contributed by atoms with Crippen LogP contribution in [0.15, 0.2) is 28.9 Å². The molecule has 0 aliphatic carbocycles. The largest absolute Gasteiger partial charge is 0.540 e. The maximum Gasteiger partial charge on any atom is 0.540 e. The quantitative estimate of drug-likeness (QED) is 0.791. The van der Waals surface area contributed by atoms with E-state index in [0.29, 0.717) is 0 Å². The Bertz CT molecular complexity index is 725. The molecule has 6 nitrogen and oxygen atoms in total. The van der Waals surface area contributed by atoms with Crippen molar-refractivity contribution in [3.63, 3.8) is 0 Å². The van der Waals surface area contributed by atoms with Crippen LogP contribution >= 0.6 is 11.8 Å². The number of thioether (sulfide) groups is 1. The fraction of sp³-hybridized carbons (Fsp3) is 0.250. The van der Waals surface area contributed by atoms with Crippen LogP contribution in [-0.4, -0.2) is 23.2 Å². The van der Waals surface area contributed by atoms with Crippen molar-refractivity contribution in [2.24, 2.45) is 5.73 Å². The first-order valence-corrected chi connectivity index (χ1v) is 7.02. The number of carboxylic acids is 1. The minimum Gasteiger partial charge on any atom is -0.477 e. The number of alkyl halides is 4. The molecular formula is C12H8F4N2O4S. The highest BCUT2D eigenvalue weighted by Crippen LogP contribution is 2.48. The molecule has 3 N–H and O–H groups in total. The van der Waals surface area contributed by atoms with E-state index in [4.69, 9.17) is 10.8 Å². The molecule has 0 fully saturated rings. The van der Waals surface area contributed by atoms with Gasteiger partial charge in [0, 0.05) is 5.69 Å². The Morgan fingerprint density at radius 2 is 2.04 bits per heavy atom. The summed E-state index contributed by atoms with van der Waals surface area (Å²) in [5, 5.41) is 8.95. The molecule has 11 heteroatoms. The maximum absolute atomic E-state index is 13.7. The number of hydrogen-bond donors (Lipinski definition) is 2. The maximum atomic E-state index is 13.7. The van der Waals surface area contributed by atoms with Gasteiger partial charge in [-0.2, -0.15) is 8.78 Å². The normalized spacial score (nSPS) is 21.8. The van der Waals surface area contributed by atoms with Crippen molar-refractivity contribution in [2.45, 2.75) is 12.4 Å². The smallest absolute Gasteiger partial charge is 0.477 e. The van der Waals surface area contributed by atoms with E-state index in [1.165, 1.54) is 11.0 Å². The monoisotopic (exact) mass is 352 g/mol. The third-order valence-corrected chi connectivity index (χ3v) is 4.18. The van der Waals surface area contributed by atoms with Gasteiger partial charge in [0.1, 0.15) is 16.5 Å². The van der Waals surface area contributed by atoms with Crippen molar-refractivity contribution in [3.05, 3.63) is 34.5 Å². The number of fused-ring (bicyclic) bond motifs is 1. The number of nitrogens with two attached hydrogens (primary N) is 1. The molecule has 0 saturated carbocycles. The molecule has 0 atom stereocenters. The summed E-state index contributed by atoms with van der Waals surface area (Å²) in [6, 6.07) is 3.00. The van der Waals surface area contributed by atoms with Gasteiger partial charge >= 0.3 is 18.4 Å². The molecule has 0 spiro atoms. The summed E-state index contributed by atoms with van der Waals surface area (Å²) in [5.74, 6) is -2.03. The number of halogens is 4. The highest BCUT2D eigenvalue weighted by molar-refractivity contribution is 8.04. The summed E-state index contributed by atoms with van der Waals surface area (Å²) in [7, 11) is 0. The van der Waals surface area contributed by atoms with E-state index >= 15 is 0 Å². The number of nitrogens with zero attached hydrogens (tertiary/aromatic N) is 1.